The lowest BCUT2D eigenvalue weighted by Crippen LogP contribution is -2.25. The summed E-state index contributed by atoms with van der Waals surface area (Å²) in [4.78, 5) is 0. The maximum atomic E-state index is 9.84. The smallest absolute Gasteiger partial charge is 0.122 e. The second-order valence-corrected chi connectivity index (χ2v) is 5.40. The Labute approximate surface area is 122 Å². The molecular weight excluding hydrogens is 252 g/mol. The SMILES string of the molecule is CCCOc1ccc(CCC(O)C(O)CC)c(C)c1C. The highest BCUT2D eigenvalue weighted by atomic mass is 16.5. The van der Waals surface area contributed by atoms with Gasteiger partial charge in [-0.15, -0.1) is 0 Å². The van der Waals surface area contributed by atoms with Gasteiger partial charge in [0.2, 0.25) is 0 Å². The molecule has 0 amide bonds. The Balaban J connectivity index is 2.70. The molecule has 3 heteroatoms. The zero-order chi connectivity index (χ0) is 15.1. The lowest BCUT2D eigenvalue weighted by atomic mass is 9.96. The van der Waals surface area contributed by atoms with Crippen molar-refractivity contribution in [3.8, 4) is 5.75 Å². The van der Waals surface area contributed by atoms with Gasteiger partial charge in [0.05, 0.1) is 18.8 Å². The molecule has 0 heterocycles. The first kappa shape index (κ1) is 17.0. The van der Waals surface area contributed by atoms with Crippen LogP contribution in [0.25, 0.3) is 0 Å². The third-order valence-corrected chi connectivity index (χ3v) is 3.88. The quantitative estimate of drug-likeness (QED) is 0.769. The summed E-state index contributed by atoms with van der Waals surface area (Å²) < 4.78 is 5.71. The van der Waals surface area contributed by atoms with E-state index in [9.17, 15) is 10.2 Å². The Kier molecular flexibility index (Phi) is 7.03. The molecule has 0 aliphatic heterocycles. The van der Waals surface area contributed by atoms with Gasteiger partial charge in [-0.2, -0.15) is 0 Å². The molecule has 1 aromatic rings. The summed E-state index contributed by atoms with van der Waals surface area (Å²) in [6, 6.07) is 4.08. The minimum atomic E-state index is -0.643. The largest absolute Gasteiger partial charge is 0.493 e. The van der Waals surface area contributed by atoms with Crippen molar-refractivity contribution in [1.29, 1.82) is 0 Å². The van der Waals surface area contributed by atoms with Gasteiger partial charge in [0, 0.05) is 0 Å². The maximum Gasteiger partial charge on any atom is 0.122 e. The monoisotopic (exact) mass is 280 g/mol. The first-order valence-electron chi connectivity index (χ1n) is 7.59. The molecule has 0 aromatic heterocycles. The summed E-state index contributed by atoms with van der Waals surface area (Å²) in [6.07, 6.45) is 1.69. The number of ether oxygens (including phenoxy) is 1. The molecule has 0 radical (unpaired) electrons. The predicted octanol–water partition coefficient (Wildman–Crippen LogP) is 3.16. The first-order valence-corrected chi connectivity index (χ1v) is 7.59. The van der Waals surface area contributed by atoms with E-state index in [0.29, 0.717) is 12.8 Å². The van der Waals surface area contributed by atoms with Gasteiger partial charge >= 0.3 is 0 Å². The number of aliphatic hydroxyl groups is 2. The van der Waals surface area contributed by atoms with Crippen molar-refractivity contribution in [2.75, 3.05) is 6.61 Å². The molecule has 0 saturated heterocycles. The van der Waals surface area contributed by atoms with E-state index in [0.717, 1.165) is 25.2 Å². The van der Waals surface area contributed by atoms with Crippen LogP contribution >= 0.6 is 0 Å². The number of rotatable bonds is 8. The highest BCUT2D eigenvalue weighted by Crippen LogP contribution is 2.25. The standard InChI is InChI=1S/C17H28O3/c1-5-11-20-17-10-8-14(12(3)13(17)4)7-9-16(19)15(18)6-2/h8,10,15-16,18-19H,5-7,9,11H2,1-4H3. The lowest BCUT2D eigenvalue weighted by molar-refractivity contribution is 0.0130. The Morgan fingerprint density at radius 1 is 1.05 bits per heavy atom. The summed E-state index contributed by atoms with van der Waals surface area (Å²) >= 11 is 0. The van der Waals surface area contributed by atoms with Crippen molar-refractivity contribution in [3.05, 3.63) is 28.8 Å². The molecular formula is C17H28O3. The van der Waals surface area contributed by atoms with E-state index >= 15 is 0 Å². The van der Waals surface area contributed by atoms with Gasteiger partial charge in [-0.1, -0.05) is 19.9 Å². The van der Waals surface area contributed by atoms with Crippen molar-refractivity contribution in [3.63, 3.8) is 0 Å². The van der Waals surface area contributed by atoms with Crippen LogP contribution in [0.15, 0.2) is 12.1 Å². The molecule has 2 unspecified atom stereocenters. The fourth-order valence-electron chi connectivity index (χ4n) is 2.26. The van der Waals surface area contributed by atoms with Crippen molar-refractivity contribution in [2.45, 2.75) is 65.6 Å². The van der Waals surface area contributed by atoms with Crippen molar-refractivity contribution >= 4 is 0 Å². The molecule has 0 saturated carbocycles. The molecule has 0 aliphatic rings. The summed E-state index contributed by atoms with van der Waals surface area (Å²) in [7, 11) is 0. The number of hydrogen-bond acceptors (Lipinski definition) is 3. The molecule has 0 spiro atoms. The highest BCUT2D eigenvalue weighted by molar-refractivity contribution is 5.43. The van der Waals surface area contributed by atoms with Crippen LogP contribution in [0, 0.1) is 13.8 Å². The first-order chi connectivity index (χ1) is 9.51. The number of aryl methyl sites for hydroxylation is 1. The van der Waals surface area contributed by atoms with E-state index in [4.69, 9.17) is 4.74 Å². The second kappa shape index (κ2) is 8.28. The van der Waals surface area contributed by atoms with Gasteiger partial charge in [0.25, 0.3) is 0 Å². The minimum absolute atomic E-state index is 0.586. The number of benzene rings is 1. The van der Waals surface area contributed by atoms with E-state index in [2.05, 4.69) is 26.8 Å². The summed E-state index contributed by atoms with van der Waals surface area (Å²) in [5.74, 6) is 0.947. The van der Waals surface area contributed by atoms with Crippen LogP contribution in [0.1, 0.15) is 49.8 Å². The van der Waals surface area contributed by atoms with E-state index < -0.39 is 12.2 Å². The number of aliphatic hydroxyl groups excluding tert-OH is 2. The molecule has 114 valence electrons. The van der Waals surface area contributed by atoms with Crippen LogP contribution in [-0.2, 0) is 6.42 Å². The molecule has 0 aliphatic carbocycles. The van der Waals surface area contributed by atoms with Crippen molar-refractivity contribution < 1.29 is 14.9 Å². The third-order valence-electron chi connectivity index (χ3n) is 3.88. The lowest BCUT2D eigenvalue weighted by Gasteiger charge is -2.18. The Morgan fingerprint density at radius 3 is 2.35 bits per heavy atom. The second-order valence-electron chi connectivity index (χ2n) is 5.40. The minimum Gasteiger partial charge on any atom is -0.493 e. The maximum absolute atomic E-state index is 9.84. The van der Waals surface area contributed by atoms with E-state index in [1.54, 1.807) is 0 Å². The van der Waals surface area contributed by atoms with E-state index in [1.807, 2.05) is 13.0 Å². The Morgan fingerprint density at radius 2 is 1.75 bits per heavy atom. The highest BCUT2D eigenvalue weighted by Gasteiger charge is 2.15. The molecule has 20 heavy (non-hydrogen) atoms. The van der Waals surface area contributed by atoms with Crippen LogP contribution in [-0.4, -0.2) is 29.0 Å². The predicted molar refractivity (Wildman–Crippen MR) is 82.3 cm³/mol. The summed E-state index contributed by atoms with van der Waals surface area (Å²) in [5, 5.41) is 19.4. The molecule has 3 nitrogen and oxygen atoms in total. The summed E-state index contributed by atoms with van der Waals surface area (Å²) in [6.45, 7) is 8.87. The zero-order valence-electron chi connectivity index (χ0n) is 13.1. The topological polar surface area (TPSA) is 49.7 Å². The summed E-state index contributed by atoms with van der Waals surface area (Å²) in [5.41, 5.74) is 3.60. The van der Waals surface area contributed by atoms with Gasteiger partial charge in [0.15, 0.2) is 0 Å². The Bertz CT molecular complexity index is 415. The molecule has 2 atom stereocenters. The third kappa shape index (κ3) is 4.50. The number of hydrogen-bond donors (Lipinski definition) is 2. The van der Waals surface area contributed by atoms with Gasteiger partial charge in [-0.25, -0.2) is 0 Å². The van der Waals surface area contributed by atoms with Crippen molar-refractivity contribution in [1.82, 2.24) is 0 Å². The average Bonchev–Trinajstić information content (AvgIpc) is 2.46. The van der Waals surface area contributed by atoms with Gasteiger partial charge in [-0.3, -0.25) is 0 Å². The van der Waals surface area contributed by atoms with Gasteiger partial charge < -0.3 is 14.9 Å². The van der Waals surface area contributed by atoms with Gasteiger partial charge in [0.1, 0.15) is 5.75 Å². The van der Waals surface area contributed by atoms with Crippen LogP contribution in [0.2, 0.25) is 0 Å². The molecule has 1 aromatic carbocycles. The average molecular weight is 280 g/mol. The van der Waals surface area contributed by atoms with Crippen LogP contribution in [0.5, 0.6) is 5.75 Å². The van der Waals surface area contributed by atoms with Crippen LogP contribution in [0.3, 0.4) is 0 Å². The fraction of sp³-hybridized carbons (Fsp3) is 0.647. The zero-order valence-corrected chi connectivity index (χ0v) is 13.1. The van der Waals surface area contributed by atoms with Crippen molar-refractivity contribution in [2.24, 2.45) is 0 Å². The van der Waals surface area contributed by atoms with Crippen LogP contribution < -0.4 is 4.74 Å². The molecule has 2 N–H and O–H groups in total. The Hall–Kier alpha value is -1.06. The van der Waals surface area contributed by atoms with E-state index in [1.165, 1.54) is 16.7 Å². The molecule has 0 bridgehead atoms. The fourth-order valence-corrected chi connectivity index (χ4v) is 2.26. The normalized spacial score (nSPS) is 14.1. The molecule has 0 fully saturated rings. The van der Waals surface area contributed by atoms with Gasteiger partial charge in [-0.05, 0) is 62.3 Å². The van der Waals surface area contributed by atoms with E-state index in [-0.39, 0.29) is 0 Å². The molecule has 1 rings (SSSR count). The van der Waals surface area contributed by atoms with Crippen LogP contribution in [0.4, 0.5) is 0 Å².